The predicted molar refractivity (Wildman–Crippen MR) is 99.0 cm³/mol. The van der Waals surface area contributed by atoms with E-state index in [-0.39, 0.29) is 11.8 Å². The van der Waals surface area contributed by atoms with Crippen molar-refractivity contribution in [2.24, 2.45) is 5.92 Å². The highest BCUT2D eigenvalue weighted by molar-refractivity contribution is 5.84. The van der Waals surface area contributed by atoms with E-state index in [0.29, 0.717) is 12.3 Å². The van der Waals surface area contributed by atoms with Gasteiger partial charge in [-0.05, 0) is 55.7 Å². The smallest absolute Gasteiger partial charge is 0.224 e. The molecule has 1 N–H and O–H groups in total. The zero-order chi connectivity index (χ0) is 17.9. The topological polar surface area (TPSA) is 52.9 Å². The highest BCUT2D eigenvalue weighted by Crippen LogP contribution is 2.48. The summed E-state index contributed by atoms with van der Waals surface area (Å²) >= 11 is 0. The molecule has 1 saturated carbocycles. The lowest BCUT2D eigenvalue weighted by molar-refractivity contribution is -0.123. The molecule has 3 atom stereocenters. The normalized spacial score (nSPS) is 21.0. The summed E-state index contributed by atoms with van der Waals surface area (Å²) in [7, 11) is 0. The van der Waals surface area contributed by atoms with Gasteiger partial charge >= 0.3 is 0 Å². The Hall–Kier alpha value is -2.60. The van der Waals surface area contributed by atoms with E-state index in [1.807, 2.05) is 37.3 Å². The molecule has 2 aromatic carbocycles. The summed E-state index contributed by atoms with van der Waals surface area (Å²) in [5.41, 5.74) is 2.84. The van der Waals surface area contributed by atoms with E-state index < -0.39 is 5.54 Å². The number of carbonyl (C=O) groups excluding carboxylic acids is 1. The SMILES string of the molecule is Cc1ccccc1[C@@H]1C[C@H]1C(=O)NC(C)(C#N)CCc1ccccc1. The van der Waals surface area contributed by atoms with Gasteiger partial charge in [0, 0.05) is 5.92 Å². The summed E-state index contributed by atoms with van der Waals surface area (Å²) in [6.45, 7) is 3.90. The Labute approximate surface area is 149 Å². The van der Waals surface area contributed by atoms with Crippen LogP contribution < -0.4 is 5.32 Å². The molecular weight excluding hydrogens is 308 g/mol. The number of rotatable bonds is 6. The van der Waals surface area contributed by atoms with Crippen molar-refractivity contribution in [3.63, 3.8) is 0 Å². The average Bonchev–Trinajstić information content (AvgIpc) is 3.42. The second kappa shape index (κ2) is 7.11. The third-order valence-electron chi connectivity index (χ3n) is 5.12. The predicted octanol–water partition coefficient (Wildman–Crippen LogP) is 4.13. The Balaban J connectivity index is 1.59. The maximum absolute atomic E-state index is 12.6. The van der Waals surface area contributed by atoms with Crippen molar-refractivity contribution in [1.29, 1.82) is 5.26 Å². The summed E-state index contributed by atoms with van der Waals surface area (Å²) < 4.78 is 0. The molecule has 1 unspecified atom stereocenters. The Morgan fingerprint density at radius 3 is 2.56 bits per heavy atom. The number of nitriles is 1. The van der Waals surface area contributed by atoms with Crippen LogP contribution in [0.1, 0.15) is 42.4 Å². The van der Waals surface area contributed by atoms with E-state index in [1.165, 1.54) is 16.7 Å². The van der Waals surface area contributed by atoms with Crippen LogP contribution in [0, 0.1) is 24.2 Å². The first-order chi connectivity index (χ1) is 12.0. The fourth-order valence-corrected chi connectivity index (χ4v) is 3.38. The van der Waals surface area contributed by atoms with Crippen molar-refractivity contribution in [3.8, 4) is 6.07 Å². The molecular formula is C22H24N2O. The number of aryl methyl sites for hydroxylation is 2. The second-order valence-electron chi connectivity index (χ2n) is 7.22. The average molecular weight is 332 g/mol. The highest BCUT2D eigenvalue weighted by Gasteiger charge is 2.46. The molecule has 25 heavy (non-hydrogen) atoms. The maximum Gasteiger partial charge on any atom is 0.224 e. The summed E-state index contributed by atoms with van der Waals surface area (Å²) in [5.74, 6) is 0.286. The minimum atomic E-state index is -0.828. The molecule has 2 aromatic rings. The molecule has 0 bridgehead atoms. The van der Waals surface area contributed by atoms with Gasteiger partial charge in [-0.25, -0.2) is 0 Å². The van der Waals surface area contributed by atoms with Gasteiger partial charge < -0.3 is 5.32 Å². The maximum atomic E-state index is 12.6. The number of benzene rings is 2. The van der Waals surface area contributed by atoms with Crippen LogP contribution in [0.25, 0.3) is 0 Å². The van der Waals surface area contributed by atoms with Gasteiger partial charge in [-0.2, -0.15) is 5.26 Å². The highest BCUT2D eigenvalue weighted by atomic mass is 16.2. The summed E-state index contributed by atoms with van der Waals surface area (Å²) in [6.07, 6.45) is 2.26. The number of carbonyl (C=O) groups is 1. The van der Waals surface area contributed by atoms with Crippen LogP contribution in [0.2, 0.25) is 0 Å². The molecule has 0 aliphatic heterocycles. The fraction of sp³-hybridized carbons (Fsp3) is 0.364. The monoisotopic (exact) mass is 332 g/mol. The molecule has 3 heteroatoms. The quantitative estimate of drug-likeness (QED) is 0.865. The van der Waals surface area contributed by atoms with Gasteiger partial charge in [-0.3, -0.25) is 4.79 Å². The first-order valence-corrected chi connectivity index (χ1v) is 8.85. The Kier molecular flexibility index (Phi) is 4.90. The van der Waals surface area contributed by atoms with Gasteiger partial charge in [0.05, 0.1) is 6.07 Å². The van der Waals surface area contributed by atoms with E-state index in [1.54, 1.807) is 0 Å². The number of nitrogens with zero attached hydrogens (tertiary/aromatic N) is 1. The molecule has 0 spiro atoms. The van der Waals surface area contributed by atoms with Crippen LogP contribution in [0.3, 0.4) is 0 Å². The Bertz CT molecular complexity index is 793. The van der Waals surface area contributed by atoms with Gasteiger partial charge in [0.1, 0.15) is 5.54 Å². The van der Waals surface area contributed by atoms with Crippen molar-refractivity contribution in [2.45, 2.75) is 44.6 Å². The number of hydrogen-bond donors (Lipinski definition) is 1. The standard InChI is InChI=1S/C22H24N2O/c1-16-8-6-7-11-18(16)19-14-20(19)21(25)24-22(2,15-23)13-12-17-9-4-3-5-10-17/h3-11,19-20H,12-14H2,1-2H3,(H,24,25)/t19-,20+,22?/m0/s1. The zero-order valence-corrected chi connectivity index (χ0v) is 14.8. The van der Waals surface area contributed by atoms with Crippen molar-refractivity contribution >= 4 is 5.91 Å². The first kappa shape index (κ1) is 17.2. The Morgan fingerprint density at radius 1 is 1.20 bits per heavy atom. The molecule has 3 rings (SSSR count). The largest absolute Gasteiger partial charge is 0.338 e. The number of amides is 1. The molecule has 0 saturated heterocycles. The lowest BCUT2D eigenvalue weighted by atomic mass is 9.94. The third-order valence-corrected chi connectivity index (χ3v) is 5.12. The van der Waals surface area contributed by atoms with Gasteiger partial charge in [-0.1, -0.05) is 54.6 Å². The van der Waals surface area contributed by atoms with E-state index in [4.69, 9.17) is 0 Å². The van der Waals surface area contributed by atoms with E-state index >= 15 is 0 Å². The van der Waals surface area contributed by atoms with Crippen LogP contribution in [-0.4, -0.2) is 11.4 Å². The Morgan fingerprint density at radius 2 is 1.88 bits per heavy atom. The van der Waals surface area contributed by atoms with Crippen LogP contribution in [-0.2, 0) is 11.2 Å². The molecule has 0 radical (unpaired) electrons. The molecule has 0 heterocycles. The fourth-order valence-electron chi connectivity index (χ4n) is 3.38. The lowest BCUT2D eigenvalue weighted by Crippen LogP contribution is -2.46. The molecule has 1 fully saturated rings. The van der Waals surface area contributed by atoms with E-state index in [2.05, 4.69) is 42.6 Å². The van der Waals surface area contributed by atoms with Crippen LogP contribution in [0.5, 0.6) is 0 Å². The van der Waals surface area contributed by atoms with Gasteiger partial charge in [-0.15, -0.1) is 0 Å². The third kappa shape index (κ3) is 4.09. The summed E-state index contributed by atoms with van der Waals surface area (Å²) in [4.78, 5) is 12.6. The zero-order valence-electron chi connectivity index (χ0n) is 14.8. The van der Waals surface area contributed by atoms with Crippen molar-refractivity contribution in [1.82, 2.24) is 5.32 Å². The van der Waals surface area contributed by atoms with Gasteiger partial charge in [0.25, 0.3) is 0 Å². The van der Waals surface area contributed by atoms with Crippen LogP contribution >= 0.6 is 0 Å². The van der Waals surface area contributed by atoms with Crippen molar-refractivity contribution < 1.29 is 4.79 Å². The van der Waals surface area contributed by atoms with E-state index in [9.17, 15) is 10.1 Å². The van der Waals surface area contributed by atoms with Crippen molar-refractivity contribution in [2.75, 3.05) is 0 Å². The number of nitrogens with one attached hydrogen (secondary N) is 1. The number of hydrogen-bond acceptors (Lipinski definition) is 2. The molecule has 1 aliphatic rings. The van der Waals surface area contributed by atoms with Gasteiger partial charge in [0.15, 0.2) is 0 Å². The summed E-state index contributed by atoms with van der Waals surface area (Å²) in [5, 5.41) is 12.6. The molecule has 0 aromatic heterocycles. The second-order valence-corrected chi connectivity index (χ2v) is 7.22. The van der Waals surface area contributed by atoms with Crippen molar-refractivity contribution in [3.05, 3.63) is 71.3 Å². The van der Waals surface area contributed by atoms with Gasteiger partial charge in [0.2, 0.25) is 5.91 Å². The van der Waals surface area contributed by atoms with Crippen LogP contribution in [0.4, 0.5) is 0 Å². The minimum absolute atomic E-state index is 0.00497. The minimum Gasteiger partial charge on any atom is -0.338 e. The first-order valence-electron chi connectivity index (χ1n) is 8.85. The molecule has 3 nitrogen and oxygen atoms in total. The van der Waals surface area contributed by atoms with Crippen LogP contribution in [0.15, 0.2) is 54.6 Å². The summed E-state index contributed by atoms with van der Waals surface area (Å²) in [6, 6.07) is 20.6. The molecule has 128 valence electrons. The molecule has 1 amide bonds. The van der Waals surface area contributed by atoms with E-state index in [0.717, 1.165) is 12.8 Å². The molecule has 1 aliphatic carbocycles. The lowest BCUT2D eigenvalue weighted by Gasteiger charge is -2.23.